The summed E-state index contributed by atoms with van der Waals surface area (Å²) in [6.07, 6.45) is 23.6. The molecule has 0 radical (unpaired) electrons. The largest absolute Gasteiger partial charge is 0.481 e. The molecule has 0 saturated heterocycles. The van der Waals surface area contributed by atoms with Gasteiger partial charge in [-0.05, 0) is 38.5 Å². The molecular formula is C20H32O3. The van der Waals surface area contributed by atoms with Crippen LogP contribution in [-0.4, -0.2) is 22.3 Å². The lowest BCUT2D eigenvalue weighted by molar-refractivity contribution is -0.137. The molecule has 0 aliphatic rings. The Morgan fingerprint density at radius 2 is 1.65 bits per heavy atom. The molecule has 0 rings (SSSR count). The van der Waals surface area contributed by atoms with E-state index in [1.54, 1.807) is 6.08 Å². The molecule has 0 aliphatic heterocycles. The predicted octanol–water partition coefficient (Wildman–Crippen LogP) is 5.19. The highest BCUT2D eigenvalue weighted by atomic mass is 16.4. The van der Waals surface area contributed by atoms with E-state index < -0.39 is 12.1 Å². The first-order valence-corrected chi connectivity index (χ1v) is 8.70. The Kier molecular flexibility index (Phi) is 15.6. The lowest BCUT2D eigenvalue weighted by atomic mass is 10.1. The maximum Gasteiger partial charge on any atom is 0.303 e. The molecule has 0 heterocycles. The standard InChI is InChI=1S/C20H32O3/c1-2-3-4-5-6-7-8-9-10-11-12-13-14-16-19(21)17-15-18-20(22)23/h6-7,9-10,12-14,16,19,21H,2-5,8,11,15,17-18H2,1H3,(H,22,23)/b7-6+,10-9+,13-12+,16-14-/t19-/m1/s1. The summed E-state index contributed by atoms with van der Waals surface area (Å²) < 4.78 is 0. The van der Waals surface area contributed by atoms with Crippen molar-refractivity contribution in [1.29, 1.82) is 0 Å². The Bertz CT molecular complexity index is 392. The Morgan fingerprint density at radius 3 is 2.35 bits per heavy atom. The number of allylic oxidation sites excluding steroid dienone is 7. The highest BCUT2D eigenvalue weighted by Gasteiger charge is 2.01. The van der Waals surface area contributed by atoms with E-state index in [0.717, 1.165) is 12.8 Å². The Hall–Kier alpha value is -1.61. The number of hydrogen-bond donors (Lipinski definition) is 2. The molecule has 1 atom stereocenters. The van der Waals surface area contributed by atoms with Gasteiger partial charge in [-0.15, -0.1) is 0 Å². The van der Waals surface area contributed by atoms with Crippen LogP contribution in [0.1, 0.15) is 64.7 Å². The molecule has 0 aliphatic carbocycles. The molecular weight excluding hydrogens is 288 g/mol. The minimum atomic E-state index is -0.816. The van der Waals surface area contributed by atoms with Crippen molar-refractivity contribution in [3.63, 3.8) is 0 Å². The first-order chi connectivity index (χ1) is 11.2. The first-order valence-electron chi connectivity index (χ1n) is 8.70. The highest BCUT2D eigenvalue weighted by molar-refractivity contribution is 5.66. The number of carboxylic acid groups (broad SMARTS) is 1. The smallest absolute Gasteiger partial charge is 0.303 e. The molecule has 3 heteroatoms. The van der Waals surface area contributed by atoms with Crippen LogP contribution in [0.3, 0.4) is 0 Å². The van der Waals surface area contributed by atoms with Crippen LogP contribution in [0.4, 0.5) is 0 Å². The zero-order valence-electron chi connectivity index (χ0n) is 14.4. The number of rotatable bonds is 14. The van der Waals surface area contributed by atoms with Gasteiger partial charge in [0.1, 0.15) is 0 Å². The van der Waals surface area contributed by atoms with Crippen molar-refractivity contribution in [1.82, 2.24) is 0 Å². The van der Waals surface area contributed by atoms with Gasteiger partial charge in [-0.3, -0.25) is 4.79 Å². The molecule has 0 aromatic heterocycles. The van der Waals surface area contributed by atoms with Crippen LogP contribution >= 0.6 is 0 Å². The van der Waals surface area contributed by atoms with Crippen molar-refractivity contribution in [2.75, 3.05) is 0 Å². The quantitative estimate of drug-likeness (QED) is 0.263. The summed E-state index contributed by atoms with van der Waals surface area (Å²) in [5.74, 6) is -0.816. The SMILES string of the molecule is CCCCC/C=C/C/C=C/C/C=C/C=C\[C@@H](O)CCCC(=O)O. The normalized spacial score (nSPS) is 13.8. The summed E-state index contributed by atoms with van der Waals surface area (Å²) in [6, 6.07) is 0. The average Bonchev–Trinajstić information content (AvgIpc) is 2.51. The molecule has 0 saturated carbocycles. The minimum absolute atomic E-state index is 0.110. The number of unbranched alkanes of at least 4 members (excludes halogenated alkanes) is 3. The zero-order valence-corrected chi connectivity index (χ0v) is 14.4. The molecule has 23 heavy (non-hydrogen) atoms. The number of aliphatic carboxylic acids is 1. The highest BCUT2D eigenvalue weighted by Crippen LogP contribution is 2.03. The average molecular weight is 320 g/mol. The number of carbonyl (C=O) groups is 1. The van der Waals surface area contributed by atoms with E-state index in [4.69, 9.17) is 5.11 Å². The Labute approximate surface area is 141 Å². The van der Waals surface area contributed by atoms with E-state index in [-0.39, 0.29) is 6.42 Å². The predicted molar refractivity (Wildman–Crippen MR) is 97.4 cm³/mol. The summed E-state index contributed by atoms with van der Waals surface area (Å²) in [6.45, 7) is 2.22. The van der Waals surface area contributed by atoms with Crippen LogP contribution in [0, 0.1) is 0 Å². The third-order valence-electron chi connectivity index (χ3n) is 3.32. The molecule has 0 aromatic rings. The summed E-state index contributed by atoms with van der Waals surface area (Å²) in [4.78, 5) is 10.3. The monoisotopic (exact) mass is 320 g/mol. The van der Waals surface area contributed by atoms with Crippen molar-refractivity contribution in [2.24, 2.45) is 0 Å². The van der Waals surface area contributed by atoms with E-state index >= 15 is 0 Å². The minimum Gasteiger partial charge on any atom is -0.481 e. The van der Waals surface area contributed by atoms with Crippen molar-refractivity contribution in [3.8, 4) is 0 Å². The van der Waals surface area contributed by atoms with Crippen molar-refractivity contribution < 1.29 is 15.0 Å². The van der Waals surface area contributed by atoms with Gasteiger partial charge in [0.25, 0.3) is 0 Å². The Balaban J connectivity index is 3.59. The maximum absolute atomic E-state index is 10.3. The van der Waals surface area contributed by atoms with E-state index in [1.165, 1.54) is 25.7 Å². The van der Waals surface area contributed by atoms with Gasteiger partial charge in [-0.1, -0.05) is 68.4 Å². The van der Waals surface area contributed by atoms with Crippen molar-refractivity contribution >= 4 is 5.97 Å². The second kappa shape index (κ2) is 16.8. The molecule has 0 aromatic carbocycles. The summed E-state index contributed by atoms with van der Waals surface area (Å²) >= 11 is 0. The molecule has 0 fully saturated rings. The van der Waals surface area contributed by atoms with E-state index in [9.17, 15) is 9.90 Å². The van der Waals surface area contributed by atoms with Crippen LogP contribution in [0.25, 0.3) is 0 Å². The maximum atomic E-state index is 10.3. The van der Waals surface area contributed by atoms with E-state index in [2.05, 4.69) is 31.2 Å². The summed E-state index contributed by atoms with van der Waals surface area (Å²) in [7, 11) is 0. The van der Waals surface area contributed by atoms with Crippen molar-refractivity contribution in [2.45, 2.75) is 70.8 Å². The fourth-order valence-electron chi connectivity index (χ4n) is 1.98. The number of aliphatic hydroxyl groups is 1. The lowest BCUT2D eigenvalue weighted by Crippen LogP contribution is -2.03. The second-order valence-electron chi connectivity index (χ2n) is 5.58. The van der Waals surface area contributed by atoms with Crippen LogP contribution in [0.2, 0.25) is 0 Å². The first kappa shape index (κ1) is 21.4. The molecule has 0 amide bonds. The number of hydrogen-bond acceptors (Lipinski definition) is 2. The van der Waals surface area contributed by atoms with Gasteiger partial charge in [0, 0.05) is 6.42 Å². The van der Waals surface area contributed by atoms with Gasteiger partial charge in [-0.2, -0.15) is 0 Å². The molecule has 3 nitrogen and oxygen atoms in total. The van der Waals surface area contributed by atoms with Gasteiger partial charge < -0.3 is 10.2 Å². The third kappa shape index (κ3) is 18.3. The zero-order chi connectivity index (χ0) is 17.2. The van der Waals surface area contributed by atoms with Crippen LogP contribution < -0.4 is 0 Å². The molecule has 2 N–H and O–H groups in total. The molecule has 130 valence electrons. The van der Waals surface area contributed by atoms with Gasteiger partial charge in [0.15, 0.2) is 0 Å². The number of carboxylic acids is 1. The van der Waals surface area contributed by atoms with Crippen LogP contribution in [-0.2, 0) is 4.79 Å². The summed E-state index contributed by atoms with van der Waals surface area (Å²) in [5, 5.41) is 18.1. The second-order valence-corrected chi connectivity index (χ2v) is 5.58. The topological polar surface area (TPSA) is 57.5 Å². The fraction of sp³-hybridized carbons (Fsp3) is 0.550. The fourth-order valence-corrected chi connectivity index (χ4v) is 1.98. The number of aliphatic hydroxyl groups excluding tert-OH is 1. The Morgan fingerprint density at radius 1 is 0.957 bits per heavy atom. The van der Waals surface area contributed by atoms with Crippen LogP contribution in [0.5, 0.6) is 0 Å². The van der Waals surface area contributed by atoms with Crippen molar-refractivity contribution in [3.05, 3.63) is 48.6 Å². The third-order valence-corrected chi connectivity index (χ3v) is 3.32. The van der Waals surface area contributed by atoms with Gasteiger partial charge in [-0.25, -0.2) is 0 Å². The van der Waals surface area contributed by atoms with E-state index in [0.29, 0.717) is 12.8 Å². The molecule has 0 spiro atoms. The van der Waals surface area contributed by atoms with Gasteiger partial charge >= 0.3 is 5.97 Å². The summed E-state index contributed by atoms with van der Waals surface area (Å²) in [5.41, 5.74) is 0. The van der Waals surface area contributed by atoms with Crippen LogP contribution in [0.15, 0.2) is 48.6 Å². The van der Waals surface area contributed by atoms with Gasteiger partial charge in [0.2, 0.25) is 0 Å². The lowest BCUT2D eigenvalue weighted by Gasteiger charge is -2.02. The molecule has 0 bridgehead atoms. The molecule has 0 unspecified atom stereocenters. The van der Waals surface area contributed by atoms with E-state index in [1.807, 2.05) is 18.2 Å². The van der Waals surface area contributed by atoms with Gasteiger partial charge in [0.05, 0.1) is 6.10 Å².